The maximum Gasteiger partial charge on any atom is 0.223 e. The first-order valence-corrected chi connectivity index (χ1v) is 6.21. The second kappa shape index (κ2) is 3.84. The van der Waals surface area contributed by atoms with E-state index in [0.717, 1.165) is 25.0 Å². The number of carbonyl (C=O) groups is 1. The van der Waals surface area contributed by atoms with Gasteiger partial charge in [0.1, 0.15) is 0 Å². The molecule has 0 bridgehead atoms. The minimum absolute atomic E-state index is 0.0104. The van der Waals surface area contributed by atoms with Gasteiger partial charge in [-0.05, 0) is 19.3 Å². The van der Waals surface area contributed by atoms with Gasteiger partial charge in [-0.2, -0.15) is 0 Å². The molecule has 17 heavy (non-hydrogen) atoms. The maximum absolute atomic E-state index is 12.1. The number of hydrogen-bond acceptors (Lipinski definition) is 3. The Hall–Kier alpha value is -1.36. The molecule has 1 aromatic heterocycles. The number of likely N-dealkylation sites (tertiary alicyclic amines) is 1. The van der Waals surface area contributed by atoms with E-state index in [4.69, 9.17) is 5.73 Å². The molecule has 2 N–H and O–H groups in total. The molecule has 5 nitrogen and oxygen atoms in total. The quantitative estimate of drug-likeness (QED) is 0.813. The zero-order chi connectivity index (χ0) is 12.0. The van der Waals surface area contributed by atoms with Crippen molar-refractivity contribution in [1.82, 2.24) is 14.5 Å². The Labute approximate surface area is 101 Å². The Morgan fingerprint density at radius 1 is 1.41 bits per heavy atom. The molecule has 92 valence electrons. The number of piperidine rings is 1. The van der Waals surface area contributed by atoms with Gasteiger partial charge in [-0.1, -0.05) is 0 Å². The number of hydrogen-bond donors (Lipinski definition) is 1. The largest absolute Gasteiger partial charge is 0.336 e. The van der Waals surface area contributed by atoms with Crippen molar-refractivity contribution in [1.29, 1.82) is 0 Å². The number of amides is 1. The lowest BCUT2D eigenvalue weighted by atomic mass is 9.93. The van der Waals surface area contributed by atoms with Crippen LogP contribution < -0.4 is 5.73 Å². The van der Waals surface area contributed by atoms with Gasteiger partial charge in [-0.25, -0.2) is 4.98 Å². The van der Waals surface area contributed by atoms with Crippen LogP contribution in [-0.4, -0.2) is 32.4 Å². The number of nitrogens with two attached hydrogens (primary N) is 1. The minimum Gasteiger partial charge on any atom is -0.336 e. The molecule has 2 fully saturated rings. The van der Waals surface area contributed by atoms with Crippen molar-refractivity contribution < 1.29 is 4.79 Å². The number of aromatic nitrogens is 2. The Bertz CT molecular complexity index is 437. The predicted molar refractivity (Wildman–Crippen MR) is 63.0 cm³/mol. The number of carbonyl (C=O) groups excluding carboxylic acids is 1. The zero-order valence-electron chi connectivity index (χ0n) is 10.0. The average Bonchev–Trinajstić information content (AvgIpc) is 3.05. The van der Waals surface area contributed by atoms with E-state index in [1.54, 1.807) is 6.33 Å². The normalized spacial score (nSPS) is 29.8. The molecule has 1 saturated carbocycles. The van der Waals surface area contributed by atoms with Crippen molar-refractivity contribution >= 4 is 5.91 Å². The molecular formula is C12H18N4O. The van der Waals surface area contributed by atoms with Crippen molar-refractivity contribution in [3.05, 3.63) is 18.2 Å². The first-order valence-electron chi connectivity index (χ1n) is 6.21. The van der Waals surface area contributed by atoms with Crippen LogP contribution in [0.15, 0.2) is 12.5 Å². The average molecular weight is 234 g/mol. The molecule has 0 spiro atoms. The lowest BCUT2D eigenvalue weighted by Gasteiger charge is -2.40. The lowest BCUT2D eigenvalue weighted by molar-refractivity contribution is -0.138. The first-order chi connectivity index (χ1) is 8.18. The highest BCUT2D eigenvalue weighted by molar-refractivity contribution is 5.78. The van der Waals surface area contributed by atoms with Gasteiger partial charge in [0, 0.05) is 25.6 Å². The minimum atomic E-state index is 0.0104. The predicted octanol–water partition coefficient (Wildman–Crippen LogP) is 0.573. The molecule has 0 aromatic carbocycles. The third kappa shape index (κ3) is 1.74. The molecule has 5 heteroatoms. The summed E-state index contributed by atoms with van der Waals surface area (Å²) >= 11 is 0. The van der Waals surface area contributed by atoms with E-state index >= 15 is 0 Å². The van der Waals surface area contributed by atoms with E-state index in [-0.39, 0.29) is 18.0 Å². The smallest absolute Gasteiger partial charge is 0.223 e. The van der Waals surface area contributed by atoms with Crippen LogP contribution in [0.2, 0.25) is 0 Å². The molecule has 1 amide bonds. The fraction of sp³-hybridized carbons (Fsp3) is 0.667. The lowest BCUT2D eigenvalue weighted by Crippen LogP contribution is -2.50. The number of nitrogens with zero attached hydrogens (tertiary/aromatic N) is 3. The van der Waals surface area contributed by atoms with Crippen LogP contribution >= 0.6 is 0 Å². The van der Waals surface area contributed by atoms with E-state index < -0.39 is 0 Å². The third-order valence-electron chi connectivity index (χ3n) is 3.78. The van der Waals surface area contributed by atoms with Gasteiger partial charge in [0.2, 0.25) is 5.91 Å². The van der Waals surface area contributed by atoms with Crippen molar-refractivity contribution in [3.63, 3.8) is 0 Å². The van der Waals surface area contributed by atoms with Gasteiger partial charge in [0.15, 0.2) is 0 Å². The van der Waals surface area contributed by atoms with Gasteiger partial charge in [-0.15, -0.1) is 0 Å². The van der Waals surface area contributed by atoms with Crippen LogP contribution in [0.25, 0.3) is 0 Å². The molecule has 2 atom stereocenters. The fourth-order valence-corrected chi connectivity index (χ4v) is 2.74. The van der Waals surface area contributed by atoms with Crippen LogP contribution in [-0.2, 0) is 11.8 Å². The summed E-state index contributed by atoms with van der Waals surface area (Å²) in [7, 11) is 1.96. The maximum atomic E-state index is 12.1. The van der Waals surface area contributed by atoms with Gasteiger partial charge in [0.25, 0.3) is 0 Å². The summed E-state index contributed by atoms with van der Waals surface area (Å²) in [6, 6.07) is 0.452. The van der Waals surface area contributed by atoms with Gasteiger partial charge >= 0.3 is 0 Å². The fourth-order valence-electron chi connectivity index (χ4n) is 2.74. The Morgan fingerprint density at radius 3 is 2.76 bits per heavy atom. The summed E-state index contributed by atoms with van der Waals surface area (Å²) in [6.07, 6.45) is 7.20. The molecule has 1 aliphatic carbocycles. The SMILES string of the molecule is Cn1cncc1C1C(N)CCC(=O)N1C1CC1. The molecular weight excluding hydrogens is 216 g/mol. The Morgan fingerprint density at radius 2 is 2.18 bits per heavy atom. The van der Waals surface area contributed by atoms with E-state index in [9.17, 15) is 4.79 Å². The van der Waals surface area contributed by atoms with Crippen molar-refractivity contribution in [2.75, 3.05) is 0 Å². The first kappa shape index (κ1) is 10.8. The number of rotatable bonds is 2. The second-order valence-electron chi connectivity index (χ2n) is 5.11. The molecule has 1 aromatic rings. The van der Waals surface area contributed by atoms with E-state index in [1.807, 2.05) is 22.7 Å². The van der Waals surface area contributed by atoms with E-state index in [2.05, 4.69) is 4.98 Å². The molecule has 2 aliphatic rings. The third-order valence-corrected chi connectivity index (χ3v) is 3.78. The van der Waals surface area contributed by atoms with E-state index in [0.29, 0.717) is 12.5 Å². The molecule has 1 aliphatic heterocycles. The van der Waals surface area contributed by atoms with Crippen molar-refractivity contribution in [3.8, 4) is 0 Å². The summed E-state index contributed by atoms with van der Waals surface area (Å²) in [5.41, 5.74) is 7.28. The van der Waals surface area contributed by atoms with Crippen molar-refractivity contribution in [2.45, 2.75) is 43.8 Å². The van der Waals surface area contributed by atoms with E-state index in [1.165, 1.54) is 0 Å². The molecule has 0 radical (unpaired) electrons. The summed E-state index contributed by atoms with van der Waals surface area (Å²) in [4.78, 5) is 18.2. The number of aryl methyl sites for hydroxylation is 1. The van der Waals surface area contributed by atoms with Crippen LogP contribution in [0.5, 0.6) is 0 Å². The number of imidazole rings is 1. The Balaban J connectivity index is 1.97. The van der Waals surface area contributed by atoms with Crippen LogP contribution in [0.3, 0.4) is 0 Å². The van der Waals surface area contributed by atoms with Gasteiger partial charge in [-0.3, -0.25) is 4.79 Å². The van der Waals surface area contributed by atoms with Gasteiger partial charge < -0.3 is 15.2 Å². The molecule has 3 rings (SSSR count). The summed E-state index contributed by atoms with van der Waals surface area (Å²) in [5, 5.41) is 0. The Kier molecular flexibility index (Phi) is 2.43. The molecule has 2 heterocycles. The molecule has 2 unspecified atom stereocenters. The summed E-state index contributed by atoms with van der Waals surface area (Å²) in [5.74, 6) is 0.250. The highest BCUT2D eigenvalue weighted by atomic mass is 16.2. The monoisotopic (exact) mass is 234 g/mol. The van der Waals surface area contributed by atoms with Crippen LogP contribution in [0.4, 0.5) is 0 Å². The molecule has 1 saturated heterocycles. The summed E-state index contributed by atoms with van der Waals surface area (Å²) < 4.78 is 1.97. The topological polar surface area (TPSA) is 64.2 Å². The standard InChI is InChI=1S/C12H18N4O/c1-15-7-14-6-10(15)12-9(13)4-5-11(17)16(12)8-2-3-8/h6-9,12H,2-5,13H2,1H3. The highest BCUT2D eigenvalue weighted by Gasteiger charge is 2.43. The summed E-state index contributed by atoms with van der Waals surface area (Å²) in [6.45, 7) is 0. The second-order valence-corrected chi connectivity index (χ2v) is 5.11. The van der Waals surface area contributed by atoms with Crippen molar-refractivity contribution in [2.24, 2.45) is 12.8 Å². The zero-order valence-corrected chi connectivity index (χ0v) is 10.0. The van der Waals surface area contributed by atoms with Gasteiger partial charge in [0.05, 0.1) is 24.3 Å². The van der Waals surface area contributed by atoms with Crippen LogP contribution in [0, 0.1) is 0 Å². The van der Waals surface area contributed by atoms with Crippen LogP contribution in [0.1, 0.15) is 37.4 Å². The highest BCUT2D eigenvalue weighted by Crippen LogP contribution is 2.39.